The number of amides is 1. The van der Waals surface area contributed by atoms with Crippen molar-refractivity contribution in [2.45, 2.75) is 56.2 Å². The van der Waals surface area contributed by atoms with Crippen molar-refractivity contribution >= 4 is 15.9 Å². The summed E-state index contributed by atoms with van der Waals surface area (Å²) in [4.78, 5) is 16.9. The molecule has 33 heavy (non-hydrogen) atoms. The van der Waals surface area contributed by atoms with Crippen molar-refractivity contribution in [3.05, 3.63) is 54.4 Å². The smallest absolute Gasteiger partial charge is 0.262 e. The Bertz CT molecular complexity index is 993. The molecule has 1 aromatic carbocycles. The van der Waals surface area contributed by atoms with E-state index in [4.69, 9.17) is 9.47 Å². The van der Waals surface area contributed by atoms with Crippen molar-refractivity contribution < 1.29 is 27.9 Å². The SMILES string of the molecule is CCOC1CCC(C(C(=O)NO)N(Cc2ccncc2)S(=O)(=O)c2ccc(OC)cc2)CC1. The highest BCUT2D eigenvalue weighted by atomic mass is 32.2. The molecule has 2 N–H and O–H groups in total. The van der Waals surface area contributed by atoms with Crippen LogP contribution in [0.3, 0.4) is 0 Å². The van der Waals surface area contributed by atoms with E-state index < -0.39 is 22.0 Å². The van der Waals surface area contributed by atoms with Gasteiger partial charge in [0.05, 0.1) is 18.1 Å². The molecule has 10 heteroatoms. The zero-order valence-electron chi connectivity index (χ0n) is 18.9. The summed E-state index contributed by atoms with van der Waals surface area (Å²) in [5.74, 6) is -0.502. The predicted molar refractivity (Wildman–Crippen MR) is 121 cm³/mol. The summed E-state index contributed by atoms with van der Waals surface area (Å²) in [5.41, 5.74) is 2.38. The number of ether oxygens (including phenoxy) is 2. The van der Waals surface area contributed by atoms with Crippen molar-refractivity contribution in [2.75, 3.05) is 13.7 Å². The van der Waals surface area contributed by atoms with E-state index in [1.165, 1.54) is 23.5 Å². The van der Waals surface area contributed by atoms with Crippen LogP contribution in [-0.4, -0.2) is 54.7 Å². The molecular weight excluding hydrogens is 446 g/mol. The predicted octanol–water partition coefficient (Wildman–Crippen LogP) is 2.75. The average Bonchev–Trinajstić information content (AvgIpc) is 2.85. The molecule has 0 saturated heterocycles. The second-order valence-electron chi connectivity index (χ2n) is 7.99. The van der Waals surface area contributed by atoms with Crippen LogP contribution in [0.25, 0.3) is 0 Å². The molecule has 1 saturated carbocycles. The fraction of sp³-hybridized carbons (Fsp3) is 0.478. The summed E-state index contributed by atoms with van der Waals surface area (Å²) >= 11 is 0. The Morgan fingerprint density at radius 3 is 2.33 bits per heavy atom. The molecule has 1 amide bonds. The molecule has 1 fully saturated rings. The summed E-state index contributed by atoms with van der Waals surface area (Å²) in [6.45, 7) is 2.50. The van der Waals surface area contributed by atoms with Gasteiger partial charge < -0.3 is 9.47 Å². The lowest BCUT2D eigenvalue weighted by Crippen LogP contribution is -2.53. The molecule has 180 valence electrons. The largest absolute Gasteiger partial charge is 0.497 e. The van der Waals surface area contributed by atoms with Crippen LogP contribution in [-0.2, 0) is 26.1 Å². The topological polar surface area (TPSA) is 118 Å². The first kappa shape index (κ1) is 25.1. The molecule has 3 rings (SSSR count). The molecule has 0 radical (unpaired) electrons. The first-order chi connectivity index (χ1) is 15.9. The third-order valence-electron chi connectivity index (χ3n) is 6.01. The summed E-state index contributed by atoms with van der Waals surface area (Å²) < 4.78 is 39.6. The number of sulfonamides is 1. The minimum absolute atomic E-state index is 0.0381. The van der Waals surface area contributed by atoms with Crippen molar-refractivity contribution in [2.24, 2.45) is 5.92 Å². The Hall–Kier alpha value is -2.53. The molecule has 0 aliphatic heterocycles. The summed E-state index contributed by atoms with van der Waals surface area (Å²) in [5, 5.41) is 9.52. The number of carbonyl (C=O) groups is 1. The van der Waals surface area contributed by atoms with Crippen LogP contribution < -0.4 is 10.2 Å². The molecule has 1 aliphatic carbocycles. The first-order valence-electron chi connectivity index (χ1n) is 11.0. The number of nitrogens with zero attached hydrogens (tertiary/aromatic N) is 2. The van der Waals surface area contributed by atoms with Crippen LogP contribution in [0.4, 0.5) is 0 Å². The van der Waals surface area contributed by atoms with E-state index >= 15 is 0 Å². The van der Waals surface area contributed by atoms with E-state index in [0.29, 0.717) is 30.8 Å². The van der Waals surface area contributed by atoms with Crippen LogP contribution in [0.5, 0.6) is 5.75 Å². The van der Waals surface area contributed by atoms with Crippen LogP contribution in [0.2, 0.25) is 0 Å². The van der Waals surface area contributed by atoms with Gasteiger partial charge in [-0.15, -0.1) is 0 Å². The summed E-state index contributed by atoms with van der Waals surface area (Å²) in [6, 6.07) is 8.35. The number of benzene rings is 1. The Morgan fingerprint density at radius 2 is 1.79 bits per heavy atom. The van der Waals surface area contributed by atoms with E-state index in [9.17, 15) is 18.4 Å². The van der Waals surface area contributed by atoms with Crippen LogP contribution in [0, 0.1) is 5.92 Å². The average molecular weight is 478 g/mol. The molecule has 1 aromatic heterocycles. The molecule has 1 heterocycles. The number of nitrogens with one attached hydrogen (secondary N) is 1. The number of pyridine rings is 1. The second-order valence-corrected chi connectivity index (χ2v) is 9.88. The van der Waals surface area contributed by atoms with Gasteiger partial charge in [-0.2, -0.15) is 4.31 Å². The molecule has 2 aromatic rings. The Balaban J connectivity index is 2.00. The maximum absolute atomic E-state index is 13.8. The Kier molecular flexibility index (Phi) is 8.79. The number of hydrogen-bond donors (Lipinski definition) is 2. The quantitative estimate of drug-likeness (QED) is 0.399. The monoisotopic (exact) mass is 477 g/mol. The highest BCUT2D eigenvalue weighted by molar-refractivity contribution is 7.89. The van der Waals surface area contributed by atoms with Crippen molar-refractivity contribution in [3.8, 4) is 5.75 Å². The number of methoxy groups -OCH3 is 1. The van der Waals surface area contributed by atoms with Crippen LogP contribution in [0.1, 0.15) is 38.2 Å². The fourth-order valence-electron chi connectivity index (χ4n) is 4.34. The van der Waals surface area contributed by atoms with Crippen molar-refractivity contribution in [1.29, 1.82) is 0 Å². The van der Waals surface area contributed by atoms with Gasteiger partial charge in [0.25, 0.3) is 5.91 Å². The van der Waals surface area contributed by atoms with E-state index in [1.807, 2.05) is 6.92 Å². The molecule has 1 atom stereocenters. The van der Waals surface area contributed by atoms with Gasteiger partial charge in [0, 0.05) is 25.5 Å². The lowest BCUT2D eigenvalue weighted by molar-refractivity contribution is -0.136. The Labute approximate surface area is 194 Å². The third kappa shape index (κ3) is 6.08. The minimum Gasteiger partial charge on any atom is -0.497 e. The maximum atomic E-state index is 13.8. The number of rotatable bonds is 10. The van der Waals surface area contributed by atoms with Crippen LogP contribution in [0.15, 0.2) is 53.7 Å². The molecule has 0 spiro atoms. The summed E-state index contributed by atoms with van der Waals surface area (Å²) in [6.07, 6.45) is 5.89. The normalized spacial score (nSPS) is 19.8. The highest BCUT2D eigenvalue weighted by Crippen LogP contribution is 2.34. The molecule has 9 nitrogen and oxygen atoms in total. The van der Waals surface area contributed by atoms with Crippen molar-refractivity contribution in [3.63, 3.8) is 0 Å². The van der Waals surface area contributed by atoms with Gasteiger partial charge in [-0.3, -0.25) is 15.0 Å². The highest BCUT2D eigenvalue weighted by Gasteiger charge is 2.42. The molecular formula is C23H31N3O6S. The van der Waals surface area contributed by atoms with E-state index in [0.717, 1.165) is 12.8 Å². The zero-order valence-corrected chi connectivity index (χ0v) is 19.7. The maximum Gasteiger partial charge on any atom is 0.262 e. The number of aromatic nitrogens is 1. The molecule has 1 aliphatic rings. The Morgan fingerprint density at radius 1 is 1.15 bits per heavy atom. The third-order valence-corrected chi connectivity index (χ3v) is 7.85. The van der Waals surface area contributed by atoms with Gasteiger partial charge in [-0.25, -0.2) is 13.9 Å². The lowest BCUT2D eigenvalue weighted by Gasteiger charge is -2.38. The lowest BCUT2D eigenvalue weighted by atomic mass is 9.82. The van der Waals surface area contributed by atoms with Gasteiger partial charge in [0.2, 0.25) is 10.0 Å². The fourth-order valence-corrected chi connectivity index (χ4v) is 5.97. The summed E-state index contributed by atoms with van der Waals surface area (Å²) in [7, 11) is -2.60. The van der Waals surface area contributed by atoms with E-state index in [-0.39, 0.29) is 23.5 Å². The number of carbonyl (C=O) groups excluding carboxylic acids is 1. The van der Waals surface area contributed by atoms with Gasteiger partial charge in [0.1, 0.15) is 11.8 Å². The molecule has 0 bridgehead atoms. The number of hydrogen-bond acceptors (Lipinski definition) is 7. The second kappa shape index (κ2) is 11.6. The van der Waals surface area contributed by atoms with Gasteiger partial charge in [0.15, 0.2) is 0 Å². The minimum atomic E-state index is -4.10. The van der Waals surface area contributed by atoms with Crippen LogP contribution >= 0.6 is 0 Å². The number of hydroxylamine groups is 1. The van der Waals surface area contributed by atoms with Gasteiger partial charge >= 0.3 is 0 Å². The zero-order chi connectivity index (χ0) is 23.8. The first-order valence-corrected chi connectivity index (χ1v) is 12.4. The van der Waals surface area contributed by atoms with Crippen molar-refractivity contribution in [1.82, 2.24) is 14.8 Å². The van der Waals surface area contributed by atoms with E-state index in [2.05, 4.69) is 4.98 Å². The van der Waals surface area contributed by atoms with E-state index in [1.54, 1.807) is 42.1 Å². The van der Waals surface area contributed by atoms with Gasteiger partial charge in [-0.05, 0) is 80.5 Å². The standard InChI is InChI=1S/C23H31N3O6S/c1-3-32-20-6-4-18(5-7-20)22(23(27)25-28)26(16-17-12-14-24-15-13-17)33(29,30)21-10-8-19(31-2)9-11-21/h8-15,18,20,22,28H,3-7,16H2,1-2H3,(H,25,27). The van der Waals surface area contributed by atoms with Gasteiger partial charge in [-0.1, -0.05) is 0 Å². The molecule has 1 unspecified atom stereocenters.